The van der Waals surface area contributed by atoms with Gasteiger partial charge in [0.05, 0.1) is 19.3 Å². The Bertz CT molecular complexity index is 523. The van der Waals surface area contributed by atoms with E-state index in [9.17, 15) is 9.90 Å². The molecule has 0 saturated carbocycles. The van der Waals surface area contributed by atoms with E-state index in [0.717, 1.165) is 30.8 Å². The summed E-state index contributed by atoms with van der Waals surface area (Å²) < 4.78 is 5.45. The van der Waals surface area contributed by atoms with Crippen molar-refractivity contribution in [3.63, 3.8) is 0 Å². The number of aliphatic hydroxyl groups excluding tert-OH is 1. The van der Waals surface area contributed by atoms with Crippen molar-refractivity contribution in [1.29, 1.82) is 0 Å². The van der Waals surface area contributed by atoms with Crippen molar-refractivity contribution < 1.29 is 14.6 Å². The van der Waals surface area contributed by atoms with Crippen LogP contribution in [0, 0.1) is 5.92 Å². The van der Waals surface area contributed by atoms with E-state index in [1.807, 2.05) is 18.2 Å². The number of carbonyl (C=O) groups is 1. The lowest BCUT2D eigenvalue weighted by molar-refractivity contribution is -0.117. The zero-order valence-corrected chi connectivity index (χ0v) is 12.6. The van der Waals surface area contributed by atoms with Gasteiger partial charge in [0.15, 0.2) is 0 Å². The molecule has 1 aliphatic heterocycles. The van der Waals surface area contributed by atoms with E-state index in [4.69, 9.17) is 4.74 Å². The normalized spacial score (nSPS) is 15.0. The van der Waals surface area contributed by atoms with Crippen LogP contribution in [0.4, 0.5) is 0 Å². The van der Waals surface area contributed by atoms with Crippen LogP contribution in [0.1, 0.15) is 31.4 Å². The van der Waals surface area contributed by atoms with E-state index in [2.05, 4.69) is 19.2 Å². The fraction of sp³-hybridized carbons (Fsp3) is 0.471. The molecule has 1 unspecified atom stereocenters. The van der Waals surface area contributed by atoms with Gasteiger partial charge in [-0.15, -0.1) is 0 Å². The smallest absolute Gasteiger partial charge is 0.244 e. The topological polar surface area (TPSA) is 58.6 Å². The molecule has 0 aromatic heterocycles. The predicted octanol–water partition coefficient (Wildman–Crippen LogP) is 2.16. The first-order chi connectivity index (χ1) is 10.1. The highest BCUT2D eigenvalue weighted by Crippen LogP contribution is 2.26. The van der Waals surface area contributed by atoms with E-state index in [1.54, 1.807) is 6.08 Å². The van der Waals surface area contributed by atoms with Gasteiger partial charge in [-0.25, -0.2) is 0 Å². The van der Waals surface area contributed by atoms with Crippen LogP contribution in [0.2, 0.25) is 0 Å². The first-order valence-electron chi connectivity index (χ1n) is 7.43. The second-order valence-electron chi connectivity index (χ2n) is 5.82. The Hall–Kier alpha value is -1.81. The summed E-state index contributed by atoms with van der Waals surface area (Å²) in [5.74, 6) is 1.20. The molecule has 0 saturated heterocycles. The van der Waals surface area contributed by atoms with Gasteiger partial charge >= 0.3 is 0 Å². The summed E-state index contributed by atoms with van der Waals surface area (Å²) in [5.41, 5.74) is 2.17. The van der Waals surface area contributed by atoms with Crippen LogP contribution >= 0.6 is 0 Å². The largest absolute Gasteiger partial charge is 0.493 e. The molecule has 1 aromatic rings. The molecule has 4 heteroatoms. The fourth-order valence-electron chi connectivity index (χ4n) is 2.48. The number of aliphatic hydroxyl groups is 1. The van der Waals surface area contributed by atoms with E-state index >= 15 is 0 Å². The third-order valence-electron chi connectivity index (χ3n) is 3.46. The summed E-state index contributed by atoms with van der Waals surface area (Å²) in [7, 11) is 0. The van der Waals surface area contributed by atoms with Crippen LogP contribution in [0.5, 0.6) is 5.75 Å². The Balaban J connectivity index is 1.92. The maximum Gasteiger partial charge on any atom is 0.244 e. The number of amides is 1. The summed E-state index contributed by atoms with van der Waals surface area (Å²) >= 11 is 0. The lowest BCUT2D eigenvalue weighted by atomic mass is 10.0. The minimum absolute atomic E-state index is 0.0338. The molecule has 0 fully saturated rings. The summed E-state index contributed by atoms with van der Waals surface area (Å²) in [6, 6.07) is 5.74. The maximum atomic E-state index is 11.9. The number of nitrogens with one attached hydrogen (secondary N) is 1. The Labute approximate surface area is 125 Å². The van der Waals surface area contributed by atoms with Gasteiger partial charge in [-0.3, -0.25) is 4.79 Å². The van der Waals surface area contributed by atoms with Crippen molar-refractivity contribution in [3.05, 3.63) is 35.4 Å². The summed E-state index contributed by atoms with van der Waals surface area (Å²) in [6.45, 7) is 4.83. The minimum Gasteiger partial charge on any atom is -0.493 e. The fourth-order valence-corrected chi connectivity index (χ4v) is 2.48. The Morgan fingerprint density at radius 1 is 1.48 bits per heavy atom. The van der Waals surface area contributed by atoms with Gasteiger partial charge in [0.25, 0.3) is 0 Å². The summed E-state index contributed by atoms with van der Waals surface area (Å²) in [5, 5.41) is 12.1. The highest BCUT2D eigenvalue weighted by molar-refractivity contribution is 5.92. The average molecular weight is 289 g/mol. The number of hydrogen-bond acceptors (Lipinski definition) is 3. The van der Waals surface area contributed by atoms with Gasteiger partial charge in [0.1, 0.15) is 5.75 Å². The molecule has 21 heavy (non-hydrogen) atoms. The molecule has 114 valence electrons. The SMILES string of the molecule is CC(C)CC(CO)NC(=O)/C=C/c1ccc2c(c1)CCO2. The Kier molecular flexibility index (Phi) is 5.39. The molecule has 1 heterocycles. The second kappa shape index (κ2) is 7.27. The number of rotatable bonds is 6. The lowest BCUT2D eigenvalue weighted by Crippen LogP contribution is -2.37. The molecule has 1 atom stereocenters. The molecule has 1 aliphatic rings. The summed E-state index contributed by atoms with van der Waals surface area (Å²) in [6.07, 6.45) is 4.99. The molecular weight excluding hydrogens is 266 g/mol. The third-order valence-corrected chi connectivity index (χ3v) is 3.46. The molecule has 2 rings (SSSR count). The predicted molar refractivity (Wildman–Crippen MR) is 83.1 cm³/mol. The van der Waals surface area contributed by atoms with Gasteiger partial charge < -0.3 is 15.2 Å². The van der Waals surface area contributed by atoms with E-state index in [-0.39, 0.29) is 18.6 Å². The Morgan fingerprint density at radius 3 is 3.00 bits per heavy atom. The van der Waals surface area contributed by atoms with Crippen LogP contribution in [0.3, 0.4) is 0 Å². The molecular formula is C17H23NO3. The van der Waals surface area contributed by atoms with Crippen LogP contribution in [-0.4, -0.2) is 30.3 Å². The zero-order valence-electron chi connectivity index (χ0n) is 12.6. The average Bonchev–Trinajstić information content (AvgIpc) is 2.91. The molecule has 4 nitrogen and oxygen atoms in total. The second-order valence-corrected chi connectivity index (χ2v) is 5.82. The monoisotopic (exact) mass is 289 g/mol. The van der Waals surface area contributed by atoms with Gasteiger partial charge in [-0.05, 0) is 41.7 Å². The van der Waals surface area contributed by atoms with Crippen molar-refractivity contribution in [2.75, 3.05) is 13.2 Å². The standard InChI is InChI=1S/C17H23NO3/c1-12(2)9-15(11-19)18-17(20)6-4-13-3-5-16-14(10-13)7-8-21-16/h3-6,10,12,15,19H,7-9,11H2,1-2H3,(H,18,20)/b6-4+. The van der Waals surface area contributed by atoms with Gasteiger partial charge in [-0.2, -0.15) is 0 Å². The molecule has 0 aliphatic carbocycles. The van der Waals surface area contributed by atoms with Gasteiger partial charge in [0.2, 0.25) is 5.91 Å². The van der Waals surface area contributed by atoms with Gasteiger partial charge in [-0.1, -0.05) is 19.9 Å². The van der Waals surface area contributed by atoms with Crippen LogP contribution < -0.4 is 10.1 Å². The highest BCUT2D eigenvalue weighted by atomic mass is 16.5. The first kappa shape index (κ1) is 15.6. The number of carbonyl (C=O) groups excluding carboxylic acids is 1. The minimum atomic E-state index is -0.185. The molecule has 1 amide bonds. The number of fused-ring (bicyclic) bond motifs is 1. The molecule has 0 spiro atoms. The maximum absolute atomic E-state index is 11.9. The number of hydrogen-bond donors (Lipinski definition) is 2. The van der Waals surface area contributed by atoms with Crippen LogP contribution in [-0.2, 0) is 11.2 Å². The third kappa shape index (κ3) is 4.60. The highest BCUT2D eigenvalue weighted by Gasteiger charge is 2.12. The van der Waals surface area contributed by atoms with Crippen molar-refractivity contribution in [1.82, 2.24) is 5.32 Å². The Morgan fingerprint density at radius 2 is 2.29 bits per heavy atom. The summed E-state index contributed by atoms with van der Waals surface area (Å²) in [4.78, 5) is 11.9. The van der Waals surface area contributed by atoms with Crippen molar-refractivity contribution >= 4 is 12.0 Å². The van der Waals surface area contributed by atoms with Crippen LogP contribution in [0.25, 0.3) is 6.08 Å². The molecule has 0 radical (unpaired) electrons. The first-order valence-corrected chi connectivity index (χ1v) is 7.43. The van der Waals surface area contributed by atoms with Crippen molar-refractivity contribution in [2.24, 2.45) is 5.92 Å². The van der Waals surface area contributed by atoms with Crippen LogP contribution in [0.15, 0.2) is 24.3 Å². The quantitative estimate of drug-likeness (QED) is 0.789. The zero-order chi connectivity index (χ0) is 15.2. The number of benzene rings is 1. The number of ether oxygens (including phenoxy) is 1. The lowest BCUT2D eigenvalue weighted by Gasteiger charge is -2.17. The van der Waals surface area contributed by atoms with E-state index in [1.165, 1.54) is 11.6 Å². The molecule has 2 N–H and O–H groups in total. The van der Waals surface area contributed by atoms with Crippen molar-refractivity contribution in [2.45, 2.75) is 32.7 Å². The van der Waals surface area contributed by atoms with Gasteiger partial charge in [0, 0.05) is 12.5 Å². The van der Waals surface area contributed by atoms with Crippen molar-refractivity contribution in [3.8, 4) is 5.75 Å². The van der Waals surface area contributed by atoms with E-state index in [0.29, 0.717) is 5.92 Å². The molecule has 0 bridgehead atoms. The van der Waals surface area contributed by atoms with E-state index < -0.39 is 0 Å². The molecule has 1 aromatic carbocycles.